The van der Waals surface area contributed by atoms with Crippen molar-refractivity contribution in [1.29, 1.82) is 0 Å². The number of benzene rings is 1. The fourth-order valence-electron chi connectivity index (χ4n) is 2.02. The van der Waals surface area contributed by atoms with Crippen LogP contribution in [0.1, 0.15) is 25.5 Å². The van der Waals surface area contributed by atoms with E-state index in [4.69, 9.17) is 9.15 Å². The van der Waals surface area contributed by atoms with Crippen LogP contribution >= 0.6 is 0 Å². The molecule has 0 unspecified atom stereocenters. The summed E-state index contributed by atoms with van der Waals surface area (Å²) >= 11 is 0. The number of ether oxygens (including phenoxy) is 1. The molecule has 8 nitrogen and oxygen atoms in total. The molecule has 1 aromatic heterocycles. The minimum atomic E-state index is -3.77. The second-order valence-electron chi connectivity index (χ2n) is 5.39. The van der Waals surface area contributed by atoms with Crippen LogP contribution in [0.4, 0.5) is 5.69 Å². The van der Waals surface area contributed by atoms with Gasteiger partial charge in [0, 0.05) is 12.1 Å². The number of carbonyl (C=O) groups is 2. The number of rotatable bonds is 9. The quantitative estimate of drug-likeness (QED) is 0.644. The lowest BCUT2D eigenvalue weighted by molar-refractivity contribution is -0.147. The Kier molecular flexibility index (Phi) is 6.93. The molecule has 9 heteroatoms. The number of furan rings is 1. The fourth-order valence-corrected chi connectivity index (χ4v) is 3.06. The van der Waals surface area contributed by atoms with Crippen molar-refractivity contribution in [1.82, 2.24) is 4.72 Å². The van der Waals surface area contributed by atoms with E-state index >= 15 is 0 Å². The minimum Gasteiger partial charge on any atom is -0.468 e. The maximum atomic E-state index is 12.3. The Labute approximate surface area is 151 Å². The van der Waals surface area contributed by atoms with Crippen LogP contribution in [-0.4, -0.2) is 26.9 Å². The van der Waals surface area contributed by atoms with Crippen LogP contribution in [0.5, 0.6) is 0 Å². The van der Waals surface area contributed by atoms with E-state index in [1.54, 1.807) is 12.1 Å². The molecule has 1 amide bonds. The third-order valence-electron chi connectivity index (χ3n) is 3.26. The van der Waals surface area contributed by atoms with Gasteiger partial charge in [-0.15, -0.1) is 0 Å². The zero-order valence-electron chi connectivity index (χ0n) is 14.2. The predicted octanol–water partition coefficient (Wildman–Crippen LogP) is 2.04. The first-order valence-corrected chi connectivity index (χ1v) is 9.46. The van der Waals surface area contributed by atoms with E-state index in [1.807, 2.05) is 6.92 Å². The smallest absolute Gasteiger partial charge is 0.306 e. The average molecular weight is 380 g/mol. The minimum absolute atomic E-state index is 0.00941. The normalized spacial score (nSPS) is 11.1. The van der Waals surface area contributed by atoms with Crippen molar-refractivity contribution >= 4 is 27.6 Å². The number of nitrogens with one attached hydrogen (secondary N) is 2. The number of hydrogen-bond acceptors (Lipinski definition) is 6. The van der Waals surface area contributed by atoms with Crippen molar-refractivity contribution in [2.24, 2.45) is 0 Å². The van der Waals surface area contributed by atoms with Gasteiger partial charge in [0.2, 0.25) is 10.0 Å². The topological polar surface area (TPSA) is 115 Å². The lowest BCUT2D eigenvalue weighted by Gasteiger charge is -2.09. The Morgan fingerprint density at radius 3 is 2.69 bits per heavy atom. The Hall–Kier alpha value is -2.65. The van der Waals surface area contributed by atoms with Crippen LogP contribution in [-0.2, 0) is 30.9 Å². The van der Waals surface area contributed by atoms with E-state index in [2.05, 4.69) is 10.0 Å². The number of anilines is 1. The largest absolute Gasteiger partial charge is 0.468 e. The average Bonchev–Trinajstić information content (AvgIpc) is 3.12. The molecule has 26 heavy (non-hydrogen) atoms. The van der Waals surface area contributed by atoms with Gasteiger partial charge >= 0.3 is 5.97 Å². The molecule has 0 saturated carbocycles. The first kappa shape index (κ1) is 19.7. The molecule has 1 heterocycles. The highest BCUT2D eigenvalue weighted by Gasteiger charge is 2.15. The summed E-state index contributed by atoms with van der Waals surface area (Å²) in [5.41, 5.74) is 0.280. The lowest BCUT2D eigenvalue weighted by atomic mass is 10.3. The predicted molar refractivity (Wildman–Crippen MR) is 93.7 cm³/mol. The Balaban J connectivity index is 1.95. The standard InChI is InChI=1S/C17H20N2O6S/c1-2-5-17(21)25-12-16(20)19-13-6-3-8-15(10-13)26(22,23)18-11-14-7-4-9-24-14/h3-4,6-10,18H,2,5,11-12H2,1H3,(H,19,20). The van der Waals surface area contributed by atoms with Gasteiger partial charge in [-0.2, -0.15) is 0 Å². The molecule has 2 N–H and O–H groups in total. The summed E-state index contributed by atoms with van der Waals surface area (Å²) in [4.78, 5) is 23.0. The molecule has 140 valence electrons. The van der Waals surface area contributed by atoms with Gasteiger partial charge in [0.1, 0.15) is 5.76 Å². The fraction of sp³-hybridized carbons (Fsp3) is 0.294. The highest BCUT2D eigenvalue weighted by atomic mass is 32.2. The van der Waals surface area contributed by atoms with Crippen LogP contribution in [0, 0.1) is 0 Å². The lowest BCUT2D eigenvalue weighted by Crippen LogP contribution is -2.24. The third kappa shape index (κ3) is 6.01. The zero-order valence-corrected chi connectivity index (χ0v) is 15.0. The van der Waals surface area contributed by atoms with Gasteiger partial charge in [-0.3, -0.25) is 9.59 Å². The van der Waals surface area contributed by atoms with Gasteiger partial charge in [-0.25, -0.2) is 13.1 Å². The summed E-state index contributed by atoms with van der Waals surface area (Å²) < 4.78 is 36.9. The molecule has 2 aromatic rings. The first-order chi connectivity index (χ1) is 12.4. The van der Waals surface area contributed by atoms with Gasteiger partial charge < -0.3 is 14.5 Å². The van der Waals surface area contributed by atoms with Crippen LogP contribution in [0.15, 0.2) is 52.0 Å². The van der Waals surface area contributed by atoms with E-state index in [0.29, 0.717) is 12.2 Å². The number of sulfonamides is 1. The van der Waals surface area contributed by atoms with Crippen LogP contribution in [0.2, 0.25) is 0 Å². The maximum absolute atomic E-state index is 12.3. The summed E-state index contributed by atoms with van der Waals surface area (Å²) in [6, 6.07) is 9.07. The molecular weight excluding hydrogens is 360 g/mol. The van der Waals surface area contributed by atoms with Gasteiger partial charge in [0.25, 0.3) is 5.91 Å². The highest BCUT2D eigenvalue weighted by molar-refractivity contribution is 7.89. The van der Waals surface area contributed by atoms with Crippen LogP contribution in [0.3, 0.4) is 0 Å². The van der Waals surface area contributed by atoms with Crippen molar-refractivity contribution < 1.29 is 27.2 Å². The van der Waals surface area contributed by atoms with E-state index < -0.39 is 28.5 Å². The SMILES string of the molecule is CCCC(=O)OCC(=O)Nc1cccc(S(=O)(=O)NCc2ccco2)c1. The molecular formula is C17H20N2O6S. The van der Waals surface area contributed by atoms with Crippen LogP contribution < -0.4 is 10.0 Å². The van der Waals surface area contributed by atoms with E-state index in [9.17, 15) is 18.0 Å². The summed E-state index contributed by atoms with van der Waals surface area (Å²) in [6.45, 7) is 1.42. The van der Waals surface area contributed by atoms with Crippen LogP contribution in [0.25, 0.3) is 0 Å². The van der Waals surface area contributed by atoms with Crippen molar-refractivity contribution in [3.8, 4) is 0 Å². The van der Waals surface area contributed by atoms with Gasteiger partial charge in [-0.1, -0.05) is 13.0 Å². The molecule has 0 saturated heterocycles. The Morgan fingerprint density at radius 1 is 1.19 bits per heavy atom. The Bertz CT molecular complexity index is 846. The van der Waals surface area contributed by atoms with Crippen molar-refractivity contribution in [3.05, 3.63) is 48.4 Å². The highest BCUT2D eigenvalue weighted by Crippen LogP contribution is 2.16. The Morgan fingerprint density at radius 2 is 2.00 bits per heavy atom. The van der Waals surface area contributed by atoms with Gasteiger partial charge in [-0.05, 0) is 36.8 Å². The second kappa shape index (κ2) is 9.16. The third-order valence-corrected chi connectivity index (χ3v) is 4.66. The molecule has 0 atom stereocenters. The second-order valence-corrected chi connectivity index (χ2v) is 7.16. The number of esters is 1. The first-order valence-electron chi connectivity index (χ1n) is 7.98. The number of hydrogen-bond donors (Lipinski definition) is 2. The van der Waals surface area contributed by atoms with Crippen molar-refractivity contribution in [2.45, 2.75) is 31.2 Å². The molecule has 0 spiro atoms. The summed E-state index contributed by atoms with van der Waals surface area (Å²) in [5.74, 6) is -0.527. The molecule has 0 radical (unpaired) electrons. The molecule has 2 rings (SSSR count). The van der Waals surface area contributed by atoms with Crippen molar-refractivity contribution in [2.75, 3.05) is 11.9 Å². The molecule has 0 bridgehead atoms. The molecule has 0 aliphatic heterocycles. The molecule has 1 aromatic carbocycles. The molecule has 0 aliphatic rings. The van der Waals surface area contributed by atoms with E-state index in [1.165, 1.54) is 30.5 Å². The van der Waals surface area contributed by atoms with E-state index in [-0.39, 0.29) is 23.5 Å². The zero-order chi connectivity index (χ0) is 19.0. The summed E-state index contributed by atoms with van der Waals surface area (Å²) in [5, 5.41) is 2.49. The van der Waals surface area contributed by atoms with Gasteiger partial charge in [0.05, 0.1) is 17.7 Å². The maximum Gasteiger partial charge on any atom is 0.306 e. The van der Waals surface area contributed by atoms with Crippen molar-refractivity contribution in [3.63, 3.8) is 0 Å². The van der Waals surface area contributed by atoms with E-state index in [0.717, 1.165) is 0 Å². The molecule has 0 aliphatic carbocycles. The summed E-state index contributed by atoms with van der Waals surface area (Å²) in [6.07, 6.45) is 2.32. The monoisotopic (exact) mass is 380 g/mol. The summed E-state index contributed by atoms with van der Waals surface area (Å²) in [7, 11) is -3.77. The molecule has 0 fully saturated rings. The van der Waals surface area contributed by atoms with Gasteiger partial charge in [0.15, 0.2) is 6.61 Å². The number of carbonyl (C=O) groups excluding carboxylic acids is 2. The number of amides is 1.